The van der Waals surface area contributed by atoms with Gasteiger partial charge in [-0.05, 0) is 12.5 Å². The molecule has 94 valence electrons. The molecule has 0 aromatic heterocycles. The summed E-state index contributed by atoms with van der Waals surface area (Å²) >= 11 is 0. The number of aliphatic carboxylic acids is 1. The van der Waals surface area contributed by atoms with Crippen LogP contribution >= 0.6 is 0 Å². The highest BCUT2D eigenvalue weighted by Gasteiger charge is 2.24. The van der Waals surface area contributed by atoms with Gasteiger partial charge in [0, 0.05) is 13.0 Å². The molecule has 5 heteroatoms. The number of carboxylic acids is 1. The number of hydrogen-bond acceptors (Lipinski definition) is 3. The lowest BCUT2D eigenvalue weighted by atomic mass is 9.99. The lowest BCUT2D eigenvalue weighted by molar-refractivity contribution is -0.143. The van der Waals surface area contributed by atoms with Gasteiger partial charge < -0.3 is 15.7 Å². The van der Waals surface area contributed by atoms with Gasteiger partial charge in [0.2, 0.25) is 5.91 Å². The Bertz CT molecular complexity index is 231. The second-order valence-corrected chi connectivity index (χ2v) is 3.87. The highest BCUT2D eigenvalue weighted by Crippen LogP contribution is 2.07. The van der Waals surface area contributed by atoms with Crippen LogP contribution in [0.4, 0.5) is 0 Å². The molecule has 0 aliphatic rings. The third-order valence-electron chi connectivity index (χ3n) is 2.57. The van der Waals surface area contributed by atoms with E-state index in [2.05, 4.69) is 10.6 Å². The van der Waals surface area contributed by atoms with Crippen LogP contribution in [0.3, 0.4) is 0 Å². The Hall–Kier alpha value is -1.10. The zero-order valence-electron chi connectivity index (χ0n) is 10.2. The summed E-state index contributed by atoms with van der Waals surface area (Å²) in [5, 5.41) is 14.5. The summed E-state index contributed by atoms with van der Waals surface area (Å²) in [7, 11) is 0. The SMILES string of the molecule is CCNCCC(=O)N[C@H](C(=O)O)C(C)CC. The number of carboxylic acid groups (broad SMARTS) is 1. The molecule has 0 saturated carbocycles. The summed E-state index contributed by atoms with van der Waals surface area (Å²) in [5.41, 5.74) is 0. The van der Waals surface area contributed by atoms with E-state index >= 15 is 0 Å². The van der Waals surface area contributed by atoms with Crippen molar-refractivity contribution in [2.24, 2.45) is 5.92 Å². The molecular weight excluding hydrogens is 208 g/mol. The molecular formula is C11H22N2O3. The van der Waals surface area contributed by atoms with E-state index in [0.717, 1.165) is 13.0 Å². The topological polar surface area (TPSA) is 78.4 Å². The maximum absolute atomic E-state index is 11.4. The van der Waals surface area contributed by atoms with Crippen molar-refractivity contribution in [3.05, 3.63) is 0 Å². The van der Waals surface area contributed by atoms with Crippen molar-refractivity contribution < 1.29 is 14.7 Å². The lowest BCUT2D eigenvalue weighted by Gasteiger charge is -2.20. The first-order valence-corrected chi connectivity index (χ1v) is 5.75. The van der Waals surface area contributed by atoms with Gasteiger partial charge in [-0.2, -0.15) is 0 Å². The molecule has 0 bridgehead atoms. The Morgan fingerprint density at radius 2 is 1.94 bits per heavy atom. The van der Waals surface area contributed by atoms with Crippen molar-refractivity contribution >= 4 is 11.9 Å². The Morgan fingerprint density at radius 1 is 1.31 bits per heavy atom. The molecule has 1 unspecified atom stereocenters. The minimum Gasteiger partial charge on any atom is -0.480 e. The number of hydrogen-bond donors (Lipinski definition) is 3. The fourth-order valence-corrected chi connectivity index (χ4v) is 1.31. The summed E-state index contributed by atoms with van der Waals surface area (Å²) in [4.78, 5) is 22.4. The van der Waals surface area contributed by atoms with Crippen molar-refractivity contribution in [1.82, 2.24) is 10.6 Å². The molecule has 0 radical (unpaired) electrons. The molecule has 0 spiro atoms. The number of nitrogens with one attached hydrogen (secondary N) is 2. The first-order valence-electron chi connectivity index (χ1n) is 5.75. The van der Waals surface area contributed by atoms with Crippen LogP contribution in [0.5, 0.6) is 0 Å². The van der Waals surface area contributed by atoms with Gasteiger partial charge in [-0.3, -0.25) is 4.79 Å². The average Bonchev–Trinajstić information content (AvgIpc) is 2.25. The number of carbonyl (C=O) groups excluding carboxylic acids is 1. The van der Waals surface area contributed by atoms with Gasteiger partial charge in [0.05, 0.1) is 0 Å². The molecule has 0 aromatic rings. The van der Waals surface area contributed by atoms with Gasteiger partial charge in [0.25, 0.3) is 0 Å². The summed E-state index contributed by atoms with van der Waals surface area (Å²) in [6.07, 6.45) is 1.04. The summed E-state index contributed by atoms with van der Waals surface area (Å²) in [6, 6.07) is -0.779. The molecule has 2 atom stereocenters. The molecule has 0 aromatic carbocycles. The zero-order valence-corrected chi connectivity index (χ0v) is 10.2. The Kier molecular flexibility index (Phi) is 7.54. The van der Waals surface area contributed by atoms with Gasteiger partial charge >= 0.3 is 5.97 Å². The predicted molar refractivity (Wildman–Crippen MR) is 62.2 cm³/mol. The van der Waals surface area contributed by atoms with Gasteiger partial charge in [0.15, 0.2) is 0 Å². The van der Waals surface area contributed by atoms with Crippen molar-refractivity contribution in [3.63, 3.8) is 0 Å². The fraction of sp³-hybridized carbons (Fsp3) is 0.818. The number of rotatable bonds is 8. The smallest absolute Gasteiger partial charge is 0.326 e. The first kappa shape index (κ1) is 14.9. The summed E-state index contributed by atoms with van der Waals surface area (Å²) in [5.74, 6) is -1.24. The van der Waals surface area contributed by atoms with Crippen LogP contribution in [-0.4, -0.2) is 36.1 Å². The number of carbonyl (C=O) groups is 2. The predicted octanol–water partition coefficient (Wildman–Crippen LogP) is 0.601. The minimum absolute atomic E-state index is 0.0550. The van der Waals surface area contributed by atoms with E-state index in [4.69, 9.17) is 5.11 Å². The summed E-state index contributed by atoms with van der Waals surface area (Å²) < 4.78 is 0. The van der Waals surface area contributed by atoms with Crippen molar-refractivity contribution in [3.8, 4) is 0 Å². The molecule has 0 aliphatic carbocycles. The largest absolute Gasteiger partial charge is 0.480 e. The van der Waals surface area contributed by atoms with E-state index in [0.29, 0.717) is 13.0 Å². The van der Waals surface area contributed by atoms with Crippen molar-refractivity contribution in [2.75, 3.05) is 13.1 Å². The normalized spacial score (nSPS) is 14.2. The van der Waals surface area contributed by atoms with Crippen molar-refractivity contribution in [1.29, 1.82) is 0 Å². The van der Waals surface area contributed by atoms with E-state index in [1.807, 2.05) is 20.8 Å². The summed E-state index contributed by atoms with van der Waals surface area (Å²) in [6.45, 7) is 7.07. The first-order chi connectivity index (χ1) is 7.52. The van der Waals surface area contributed by atoms with E-state index in [9.17, 15) is 9.59 Å². The number of amides is 1. The third kappa shape index (κ3) is 5.70. The molecule has 0 saturated heterocycles. The van der Waals surface area contributed by atoms with E-state index in [-0.39, 0.29) is 11.8 Å². The molecule has 0 aliphatic heterocycles. The van der Waals surface area contributed by atoms with Gasteiger partial charge in [-0.1, -0.05) is 27.2 Å². The highest BCUT2D eigenvalue weighted by atomic mass is 16.4. The van der Waals surface area contributed by atoms with Crippen LogP contribution in [0.2, 0.25) is 0 Å². The van der Waals surface area contributed by atoms with Crippen LogP contribution in [0.25, 0.3) is 0 Å². The lowest BCUT2D eigenvalue weighted by Crippen LogP contribution is -2.45. The zero-order chi connectivity index (χ0) is 12.6. The van der Waals surface area contributed by atoms with Crippen LogP contribution in [0.1, 0.15) is 33.6 Å². The van der Waals surface area contributed by atoms with Gasteiger partial charge in [-0.25, -0.2) is 4.79 Å². The van der Waals surface area contributed by atoms with E-state index < -0.39 is 12.0 Å². The average molecular weight is 230 g/mol. The van der Waals surface area contributed by atoms with Crippen LogP contribution in [-0.2, 0) is 9.59 Å². The maximum Gasteiger partial charge on any atom is 0.326 e. The molecule has 0 rings (SSSR count). The monoisotopic (exact) mass is 230 g/mol. The second-order valence-electron chi connectivity index (χ2n) is 3.87. The van der Waals surface area contributed by atoms with Crippen LogP contribution in [0.15, 0.2) is 0 Å². The van der Waals surface area contributed by atoms with Crippen molar-refractivity contribution in [2.45, 2.75) is 39.7 Å². The van der Waals surface area contributed by atoms with E-state index in [1.165, 1.54) is 0 Å². The van der Waals surface area contributed by atoms with Gasteiger partial charge in [0.1, 0.15) is 6.04 Å². The van der Waals surface area contributed by atoms with Crippen LogP contribution in [0, 0.1) is 5.92 Å². The molecule has 5 nitrogen and oxygen atoms in total. The van der Waals surface area contributed by atoms with Gasteiger partial charge in [-0.15, -0.1) is 0 Å². The third-order valence-corrected chi connectivity index (χ3v) is 2.57. The Labute approximate surface area is 96.6 Å². The second kappa shape index (κ2) is 8.10. The quantitative estimate of drug-likeness (QED) is 0.534. The molecule has 3 N–H and O–H groups in total. The molecule has 16 heavy (non-hydrogen) atoms. The molecule has 0 heterocycles. The Balaban J connectivity index is 4.09. The Morgan fingerprint density at radius 3 is 2.38 bits per heavy atom. The molecule has 1 amide bonds. The van der Waals surface area contributed by atoms with Crippen LogP contribution < -0.4 is 10.6 Å². The highest BCUT2D eigenvalue weighted by molar-refractivity contribution is 5.83. The standard InChI is InChI=1S/C11H22N2O3/c1-4-8(3)10(11(15)16)13-9(14)6-7-12-5-2/h8,10,12H,4-7H2,1-3H3,(H,13,14)(H,15,16)/t8?,10-/m0/s1. The molecule has 0 fully saturated rings. The fourth-order valence-electron chi connectivity index (χ4n) is 1.31. The minimum atomic E-state index is -0.967. The van der Waals surface area contributed by atoms with E-state index in [1.54, 1.807) is 0 Å². The maximum atomic E-state index is 11.4.